The van der Waals surface area contributed by atoms with Crippen molar-refractivity contribution in [3.8, 4) is 0 Å². The lowest BCUT2D eigenvalue weighted by Crippen LogP contribution is -2.48. The van der Waals surface area contributed by atoms with Gasteiger partial charge in [0.1, 0.15) is 12.4 Å². The normalized spacial score (nSPS) is 19.1. The molecule has 7 heteroatoms. The lowest BCUT2D eigenvalue weighted by atomic mass is 10.2. The van der Waals surface area contributed by atoms with Crippen LogP contribution in [0.15, 0.2) is 6.07 Å². The zero-order valence-electron chi connectivity index (χ0n) is 11.5. The maximum absolute atomic E-state index is 12.3. The molecule has 0 N–H and O–H groups in total. The number of carbonyl (C=O) groups is 2. The molecular weight excluding hydrogens is 260 g/mol. The summed E-state index contributed by atoms with van der Waals surface area (Å²) in [6.07, 6.45) is 0.393. The molecule has 2 amide bonds. The summed E-state index contributed by atoms with van der Waals surface area (Å²) < 4.78 is 7.03. The number of morpholine rings is 1. The minimum absolute atomic E-state index is 0.0148. The van der Waals surface area contributed by atoms with Crippen molar-refractivity contribution in [1.82, 2.24) is 14.7 Å². The first kappa shape index (κ1) is 13.1. The molecule has 3 rings (SSSR count). The van der Waals surface area contributed by atoms with E-state index in [0.717, 1.165) is 11.5 Å². The minimum atomic E-state index is -0.0334. The Hall–Kier alpha value is -1.89. The number of fused-ring (bicyclic) bond motifs is 1. The van der Waals surface area contributed by atoms with Gasteiger partial charge in [-0.1, -0.05) is 0 Å². The quantitative estimate of drug-likeness (QED) is 0.750. The molecule has 3 heterocycles. The summed E-state index contributed by atoms with van der Waals surface area (Å²) in [5, 5.41) is 4.33. The second-order valence-corrected chi connectivity index (χ2v) is 5.09. The molecule has 0 aromatic carbocycles. The average molecular weight is 278 g/mol. The van der Waals surface area contributed by atoms with Gasteiger partial charge in [0.2, 0.25) is 11.8 Å². The summed E-state index contributed by atoms with van der Waals surface area (Å²) >= 11 is 0. The number of aryl methyl sites for hydroxylation is 2. The van der Waals surface area contributed by atoms with Crippen molar-refractivity contribution < 1.29 is 14.3 Å². The molecule has 0 radical (unpaired) electrons. The molecule has 0 spiro atoms. The van der Waals surface area contributed by atoms with Gasteiger partial charge in [0, 0.05) is 25.6 Å². The van der Waals surface area contributed by atoms with Crippen molar-refractivity contribution in [2.45, 2.75) is 19.9 Å². The van der Waals surface area contributed by atoms with Crippen LogP contribution in [0, 0.1) is 6.92 Å². The highest BCUT2D eigenvalue weighted by Gasteiger charge is 2.29. The summed E-state index contributed by atoms with van der Waals surface area (Å²) in [6.45, 7) is 4.89. The number of rotatable bonds is 2. The maximum Gasteiger partial charge on any atom is 0.242 e. The second kappa shape index (κ2) is 5.24. The largest absolute Gasteiger partial charge is 0.378 e. The zero-order valence-corrected chi connectivity index (χ0v) is 11.5. The monoisotopic (exact) mass is 278 g/mol. The van der Waals surface area contributed by atoms with Gasteiger partial charge >= 0.3 is 0 Å². The maximum atomic E-state index is 12.3. The van der Waals surface area contributed by atoms with Gasteiger partial charge in [-0.2, -0.15) is 5.10 Å². The van der Waals surface area contributed by atoms with Crippen LogP contribution < -0.4 is 4.90 Å². The Morgan fingerprint density at radius 3 is 2.85 bits per heavy atom. The van der Waals surface area contributed by atoms with E-state index < -0.39 is 0 Å². The summed E-state index contributed by atoms with van der Waals surface area (Å²) in [5.74, 6) is 0.674. The van der Waals surface area contributed by atoms with E-state index in [1.807, 2.05) is 13.0 Å². The third-order valence-corrected chi connectivity index (χ3v) is 3.65. The molecule has 0 aliphatic carbocycles. The molecule has 0 atom stereocenters. The van der Waals surface area contributed by atoms with Gasteiger partial charge in [0.15, 0.2) is 0 Å². The van der Waals surface area contributed by atoms with Crippen molar-refractivity contribution in [2.75, 3.05) is 37.7 Å². The number of hydrogen-bond donors (Lipinski definition) is 0. The van der Waals surface area contributed by atoms with Gasteiger partial charge in [-0.3, -0.25) is 14.5 Å². The van der Waals surface area contributed by atoms with E-state index in [4.69, 9.17) is 4.74 Å². The molecule has 1 saturated heterocycles. The third kappa shape index (κ3) is 2.40. The molecule has 0 bridgehead atoms. The lowest BCUT2D eigenvalue weighted by Gasteiger charge is -2.31. The standard InChI is InChI=1S/C13H18N4O3/c1-10-8-11-16(12(18)2-3-17(11)14-10)9-13(19)15-4-6-20-7-5-15/h8H,2-7,9H2,1H3. The van der Waals surface area contributed by atoms with Crippen LogP contribution in [0.3, 0.4) is 0 Å². The Morgan fingerprint density at radius 1 is 1.35 bits per heavy atom. The van der Waals surface area contributed by atoms with E-state index in [2.05, 4.69) is 5.10 Å². The van der Waals surface area contributed by atoms with E-state index in [1.54, 1.807) is 14.5 Å². The molecule has 20 heavy (non-hydrogen) atoms. The Labute approximate surface area is 117 Å². The average Bonchev–Trinajstić information content (AvgIpc) is 2.84. The van der Waals surface area contributed by atoms with E-state index in [1.165, 1.54) is 0 Å². The fourth-order valence-corrected chi connectivity index (χ4v) is 2.60. The van der Waals surface area contributed by atoms with Gasteiger partial charge in [-0.05, 0) is 6.92 Å². The molecule has 2 aliphatic rings. The minimum Gasteiger partial charge on any atom is -0.378 e. The second-order valence-electron chi connectivity index (χ2n) is 5.09. The Morgan fingerprint density at radius 2 is 2.10 bits per heavy atom. The Balaban J connectivity index is 1.75. The molecule has 7 nitrogen and oxygen atoms in total. The lowest BCUT2D eigenvalue weighted by molar-refractivity contribution is -0.135. The predicted octanol–water partition coefficient (Wildman–Crippen LogP) is -0.213. The number of hydrogen-bond acceptors (Lipinski definition) is 4. The zero-order chi connectivity index (χ0) is 14.1. The SMILES string of the molecule is Cc1cc2n(n1)CCC(=O)N2CC(=O)N1CCOCC1. The van der Waals surface area contributed by atoms with Crippen LogP contribution in [0.4, 0.5) is 5.82 Å². The van der Waals surface area contributed by atoms with Crippen LogP contribution in [0.1, 0.15) is 12.1 Å². The predicted molar refractivity (Wildman–Crippen MR) is 71.3 cm³/mol. The fourth-order valence-electron chi connectivity index (χ4n) is 2.60. The summed E-state index contributed by atoms with van der Waals surface area (Å²) in [4.78, 5) is 27.6. The van der Waals surface area contributed by atoms with E-state index in [-0.39, 0.29) is 18.4 Å². The van der Waals surface area contributed by atoms with Gasteiger partial charge < -0.3 is 9.64 Å². The van der Waals surface area contributed by atoms with Crippen molar-refractivity contribution in [1.29, 1.82) is 0 Å². The first-order valence-electron chi connectivity index (χ1n) is 6.85. The van der Waals surface area contributed by atoms with Crippen molar-refractivity contribution in [2.24, 2.45) is 0 Å². The van der Waals surface area contributed by atoms with Gasteiger partial charge in [-0.15, -0.1) is 0 Å². The van der Waals surface area contributed by atoms with E-state index in [9.17, 15) is 9.59 Å². The highest BCUT2D eigenvalue weighted by Crippen LogP contribution is 2.22. The number of amides is 2. The first-order chi connectivity index (χ1) is 9.65. The van der Waals surface area contributed by atoms with Crippen LogP contribution in [0.2, 0.25) is 0 Å². The molecule has 0 saturated carbocycles. The molecule has 2 aliphatic heterocycles. The topological polar surface area (TPSA) is 67.7 Å². The van der Waals surface area contributed by atoms with Crippen molar-refractivity contribution in [3.05, 3.63) is 11.8 Å². The number of anilines is 1. The number of ether oxygens (including phenoxy) is 1. The highest BCUT2D eigenvalue weighted by atomic mass is 16.5. The number of carbonyl (C=O) groups excluding carboxylic acids is 2. The Kier molecular flexibility index (Phi) is 3.43. The van der Waals surface area contributed by atoms with Gasteiger partial charge in [-0.25, -0.2) is 4.68 Å². The molecule has 0 unspecified atom stereocenters. The van der Waals surface area contributed by atoms with Crippen LogP contribution in [-0.2, 0) is 20.9 Å². The van der Waals surface area contributed by atoms with Crippen LogP contribution in [0.5, 0.6) is 0 Å². The molecule has 1 aromatic rings. The van der Waals surface area contributed by atoms with E-state index in [0.29, 0.717) is 39.3 Å². The van der Waals surface area contributed by atoms with Gasteiger partial charge in [0.05, 0.1) is 25.5 Å². The molecule has 1 aromatic heterocycles. The molecule has 1 fully saturated rings. The first-order valence-corrected chi connectivity index (χ1v) is 6.85. The van der Waals surface area contributed by atoms with Crippen LogP contribution >= 0.6 is 0 Å². The van der Waals surface area contributed by atoms with Crippen LogP contribution in [0.25, 0.3) is 0 Å². The van der Waals surface area contributed by atoms with Gasteiger partial charge in [0.25, 0.3) is 0 Å². The molecule has 108 valence electrons. The van der Waals surface area contributed by atoms with E-state index >= 15 is 0 Å². The number of nitrogens with zero attached hydrogens (tertiary/aromatic N) is 4. The fraction of sp³-hybridized carbons (Fsp3) is 0.615. The van der Waals surface area contributed by atoms with Crippen molar-refractivity contribution in [3.63, 3.8) is 0 Å². The summed E-state index contributed by atoms with van der Waals surface area (Å²) in [5.41, 5.74) is 0.860. The summed E-state index contributed by atoms with van der Waals surface area (Å²) in [6, 6.07) is 1.85. The third-order valence-electron chi connectivity index (χ3n) is 3.65. The highest BCUT2D eigenvalue weighted by molar-refractivity contribution is 5.99. The Bertz CT molecular complexity index is 534. The summed E-state index contributed by atoms with van der Waals surface area (Å²) in [7, 11) is 0. The smallest absolute Gasteiger partial charge is 0.242 e. The van der Waals surface area contributed by atoms with Crippen LogP contribution in [-0.4, -0.2) is 59.3 Å². The molecular formula is C13H18N4O3. The number of aromatic nitrogens is 2. The van der Waals surface area contributed by atoms with Crippen molar-refractivity contribution >= 4 is 17.6 Å².